The van der Waals surface area contributed by atoms with Gasteiger partial charge in [0.25, 0.3) is 0 Å². The Morgan fingerprint density at radius 1 is 1.24 bits per heavy atom. The minimum atomic E-state index is -0.443. The number of ether oxygens (including phenoxy) is 1. The molecule has 1 saturated heterocycles. The molecule has 1 aromatic rings. The summed E-state index contributed by atoms with van der Waals surface area (Å²) in [6.45, 7) is 1.11. The molecule has 0 spiro atoms. The van der Waals surface area contributed by atoms with E-state index >= 15 is 0 Å². The van der Waals surface area contributed by atoms with E-state index < -0.39 is 11.6 Å². The van der Waals surface area contributed by atoms with Crippen LogP contribution >= 0.6 is 0 Å². The van der Waals surface area contributed by atoms with Crippen molar-refractivity contribution in [2.45, 2.75) is 19.3 Å². The summed E-state index contributed by atoms with van der Waals surface area (Å²) in [5, 5.41) is 9.49. The Kier molecular flexibility index (Phi) is 3.74. The van der Waals surface area contributed by atoms with Gasteiger partial charge in [0.1, 0.15) is 11.6 Å². The van der Waals surface area contributed by atoms with Gasteiger partial charge in [0, 0.05) is 25.2 Å². The van der Waals surface area contributed by atoms with Gasteiger partial charge in [0.2, 0.25) is 0 Å². The van der Waals surface area contributed by atoms with Crippen molar-refractivity contribution in [3.63, 3.8) is 0 Å². The fourth-order valence-corrected chi connectivity index (χ4v) is 2.28. The highest BCUT2D eigenvalue weighted by Crippen LogP contribution is 2.34. The van der Waals surface area contributed by atoms with Crippen LogP contribution in [0.25, 0.3) is 0 Å². The van der Waals surface area contributed by atoms with Gasteiger partial charge in [-0.2, -0.15) is 0 Å². The molecule has 0 saturated carbocycles. The van der Waals surface area contributed by atoms with E-state index in [1.807, 2.05) is 0 Å². The Bertz CT molecular complexity index is 387. The van der Waals surface area contributed by atoms with Gasteiger partial charge >= 0.3 is 0 Å². The summed E-state index contributed by atoms with van der Waals surface area (Å²) in [5.74, 6) is -0.854. The molecule has 1 aliphatic heterocycles. The Morgan fingerprint density at radius 3 is 2.59 bits per heavy atom. The van der Waals surface area contributed by atoms with E-state index in [9.17, 15) is 13.9 Å². The van der Waals surface area contributed by atoms with E-state index in [0.29, 0.717) is 38.0 Å². The van der Waals surface area contributed by atoms with Crippen LogP contribution in [0.4, 0.5) is 8.78 Å². The molecule has 1 aliphatic rings. The van der Waals surface area contributed by atoms with E-state index in [1.165, 1.54) is 6.07 Å². The average molecular weight is 242 g/mol. The molecular weight excluding hydrogens is 226 g/mol. The van der Waals surface area contributed by atoms with Crippen molar-refractivity contribution in [3.8, 4) is 0 Å². The molecule has 0 aromatic heterocycles. The number of rotatable bonds is 3. The third kappa shape index (κ3) is 2.82. The average Bonchev–Trinajstić information content (AvgIpc) is 2.35. The summed E-state index contributed by atoms with van der Waals surface area (Å²) in [6, 6.07) is 3.45. The maximum atomic E-state index is 13.6. The second kappa shape index (κ2) is 5.10. The zero-order valence-corrected chi connectivity index (χ0v) is 9.59. The first kappa shape index (κ1) is 12.5. The third-order valence-electron chi connectivity index (χ3n) is 3.46. The van der Waals surface area contributed by atoms with Crippen molar-refractivity contribution >= 4 is 0 Å². The zero-order valence-electron chi connectivity index (χ0n) is 9.59. The Labute approximate surface area is 99.2 Å². The van der Waals surface area contributed by atoms with Crippen LogP contribution in [0.2, 0.25) is 0 Å². The maximum Gasteiger partial charge on any atom is 0.126 e. The molecule has 0 atom stereocenters. The molecule has 0 radical (unpaired) electrons. The fraction of sp³-hybridized carbons (Fsp3) is 0.538. The lowest BCUT2D eigenvalue weighted by atomic mass is 9.76. The van der Waals surface area contributed by atoms with Gasteiger partial charge in [0.05, 0.1) is 0 Å². The number of aliphatic hydroxyl groups is 1. The second-order valence-electron chi connectivity index (χ2n) is 4.68. The lowest BCUT2D eigenvalue weighted by molar-refractivity contribution is -0.0161. The van der Waals surface area contributed by atoms with Gasteiger partial charge in [0.15, 0.2) is 0 Å². The number of halogens is 2. The molecule has 0 amide bonds. The predicted molar refractivity (Wildman–Crippen MR) is 59.6 cm³/mol. The van der Waals surface area contributed by atoms with Crippen LogP contribution in [0.15, 0.2) is 18.2 Å². The minimum absolute atomic E-state index is 0.0215. The normalized spacial score (nSPS) is 19.2. The Morgan fingerprint density at radius 2 is 1.94 bits per heavy atom. The Hall–Kier alpha value is -1.00. The molecule has 1 aromatic carbocycles. The highest BCUT2D eigenvalue weighted by atomic mass is 19.1. The van der Waals surface area contributed by atoms with Crippen molar-refractivity contribution in [2.24, 2.45) is 5.41 Å². The lowest BCUT2D eigenvalue weighted by Crippen LogP contribution is -2.35. The van der Waals surface area contributed by atoms with E-state index in [0.717, 1.165) is 12.1 Å². The van der Waals surface area contributed by atoms with Crippen LogP contribution in [-0.2, 0) is 11.2 Å². The molecule has 2 rings (SSSR count). The van der Waals surface area contributed by atoms with Gasteiger partial charge in [-0.05, 0) is 43.0 Å². The van der Waals surface area contributed by atoms with Crippen molar-refractivity contribution in [2.75, 3.05) is 19.8 Å². The third-order valence-corrected chi connectivity index (χ3v) is 3.46. The SMILES string of the molecule is OCC1(Cc2cc(F)ccc2F)CCOCC1. The summed E-state index contributed by atoms with van der Waals surface area (Å²) >= 11 is 0. The number of hydrogen-bond acceptors (Lipinski definition) is 2. The first-order valence-electron chi connectivity index (χ1n) is 5.78. The molecule has 4 heteroatoms. The molecule has 0 aliphatic carbocycles. The number of aliphatic hydroxyl groups excluding tert-OH is 1. The molecule has 0 bridgehead atoms. The molecule has 2 nitrogen and oxygen atoms in total. The maximum absolute atomic E-state index is 13.6. The van der Waals surface area contributed by atoms with E-state index in [-0.39, 0.29) is 12.0 Å². The predicted octanol–water partition coefficient (Wildman–Crippen LogP) is 2.30. The highest BCUT2D eigenvalue weighted by molar-refractivity contribution is 5.20. The highest BCUT2D eigenvalue weighted by Gasteiger charge is 2.33. The minimum Gasteiger partial charge on any atom is -0.396 e. The molecule has 17 heavy (non-hydrogen) atoms. The van der Waals surface area contributed by atoms with Crippen LogP contribution in [0.1, 0.15) is 18.4 Å². The van der Waals surface area contributed by atoms with Crippen molar-refractivity contribution in [1.82, 2.24) is 0 Å². The van der Waals surface area contributed by atoms with Crippen LogP contribution in [-0.4, -0.2) is 24.9 Å². The molecular formula is C13H16F2O2. The lowest BCUT2D eigenvalue weighted by Gasteiger charge is -2.35. The molecule has 0 unspecified atom stereocenters. The zero-order chi connectivity index (χ0) is 12.3. The number of hydrogen-bond donors (Lipinski definition) is 1. The van der Waals surface area contributed by atoms with Gasteiger partial charge in [-0.15, -0.1) is 0 Å². The van der Waals surface area contributed by atoms with E-state index in [4.69, 9.17) is 4.74 Å². The molecule has 1 heterocycles. The van der Waals surface area contributed by atoms with Gasteiger partial charge < -0.3 is 9.84 Å². The topological polar surface area (TPSA) is 29.5 Å². The van der Waals surface area contributed by atoms with Crippen LogP contribution in [0.5, 0.6) is 0 Å². The van der Waals surface area contributed by atoms with Gasteiger partial charge in [-0.3, -0.25) is 0 Å². The van der Waals surface area contributed by atoms with Crippen molar-refractivity contribution < 1.29 is 18.6 Å². The van der Waals surface area contributed by atoms with Crippen LogP contribution < -0.4 is 0 Å². The standard InChI is InChI=1S/C13H16F2O2/c14-11-1-2-12(15)10(7-11)8-13(9-16)3-5-17-6-4-13/h1-2,7,16H,3-6,8-9H2. The smallest absolute Gasteiger partial charge is 0.126 e. The monoisotopic (exact) mass is 242 g/mol. The van der Waals surface area contributed by atoms with Gasteiger partial charge in [-0.1, -0.05) is 0 Å². The summed E-state index contributed by atoms with van der Waals surface area (Å²) in [7, 11) is 0. The van der Waals surface area contributed by atoms with Gasteiger partial charge in [-0.25, -0.2) is 8.78 Å². The summed E-state index contributed by atoms with van der Waals surface area (Å²) in [4.78, 5) is 0. The second-order valence-corrected chi connectivity index (χ2v) is 4.68. The molecule has 94 valence electrons. The van der Waals surface area contributed by atoms with E-state index in [2.05, 4.69) is 0 Å². The first-order chi connectivity index (χ1) is 8.15. The van der Waals surface area contributed by atoms with Crippen LogP contribution in [0, 0.1) is 17.0 Å². The first-order valence-corrected chi connectivity index (χ1v) is 5.78. The number of benzene rings is 1. The molecule has 1 fully saturated rings. The van der Waals surface area contributed by atoms with Crippen LogP contribution in [0.3, 0.4) is 0 Å². The molecule has 1 N–H and O–H groups in total. The largest absolute Gasteiger partial charge is 0.396 e. The van der Waals surface area contributed by atoms with Crippen molar-refractivity contribution in [1.29, 1.82) is 0 Å². The van der Waals surface area contributed by atoms with E-state index in [1.54, 1.807) is 0 Å². The fourth-order valence-electron chi connectivity index (χ4n) is 2.28. The summed E-state index contributed by atoms with van der Waals surface area (Å²) in [5.41, 5.74) is -0.0340. The summed E-state index contributed by atoms with van der Waals surface area (Å²) < 4.78 is 31.9. The van der Waals surface area contributed by atoms with Crippen molar-refractivity contribution in [3.05, 3.63) is 35.4 Å². The Balaban J connectivity index is 2.20. The summed E-state index contributed by atoms with van der Waals surface area (Å²) in [6.07, 6.45) is 1.72. The quantitative estimate of drug-likeness (QED) is 0.881.